The van der Waals surface area contributed by atoms with Gasteiger partial charge in [0.25, 0.3) is 0 Å². The minimum absolute atomic E-state index is 0.150. The molecule has 3 N–H and O–H groups in total. The van der Waals surface area contributed by atoms with Gasteiger partial charge >= 0.3 is 0 Å². The molecule has 3 saturated heterocycles. The second-order valence-corrected chi connectivity index (χ2v) is 9.04. The van der Waals surface area contributed by atoms with Gasteiger partial charge in [-0.2, -0.15) is 0 Å². The summed E-state index contributed by atoms with van der Waals surface area (Å²) in [6.45, 7) is 0.972. The Hall–Kier alpha value is -2.45. The lowest BCUT2D eigenvalue weighted by molar-refractivity contribution is -0.142. The van der Waals surface area contributed by atoms with Gasteiger partial charge in [-0.3, -0.25) is 14.4 Å². The van der Waals surface area contributed by atoms with Gasteiger partial charge in [0.1, 0.15) is 11.6 Å². The minimum Gasteiger partial charge on any atom is -0.396 e. The highest BCUT2D eigenvalue weighted by molar-refractivity contribution is 5.98. The van der Waals surface area contributed by atoms with Crippen molar-refractivity contribution >= 4 is 17.7 Å². The van der Waals surface area contributed by atoms with Crippen molar-refractivity contribution in [3.05, 3.63) is 35.9 Å². The van der Waals surface area contributed by atoms with Crippen LogP contribution in [0, 0.1) is 11.8 Å². The van der Waals surface area contributed by atoms with Crippen LogP contribution >= 0.6 is 0 Å². The SMILES string of the molecule is CNC(=O)[C@@H]1[C@H]2C(=O)N(CCCCCCO)C(C(=O)NCc3ccccc3)C23CC[C@H]1O3. The summed E-state index contributed by atoms with van der Waals surface area (Å²) in [5, 5.41) is 14.7. The number of aliphatic hydroxyl groups excluding tert-OH is 1. The third-order valence-corrected chi connectivity index (χ3v) is 7.21. The van der Waals surface area contributed by atoms with Crippen LogP contribution in [0.1, 0.15) is 44.1 Å². The maximum atomic E-state index is 13.6. The number of hydrogen-bond acceptors (Lipinski definition) is 5. The summed E-state index contributed by atoms with van der Waals surface area (Å²) in [5.41, 5.74) is 0.0415. The normalized spacial score (nSPS) is 30.4. The second kappa shape index (κ2) is 9.58. The third kappa shape index (κ3) is 3.90. The zero-order chi connectivity index (χ0) is 22.7. The van der Waals surface area contributed by atoms with Crippen LogP contribution in [0.3, 0.4) is 0 Å². The number of ether oxygens (including phenoxy) is 1. The molecule has 1 aromatic rings. The number of rotatable bonds is 10. The van der Waals surface area contributed by atoms with Gasteiger partial charge in [0.05, 0.1) is 17.9 Å². The van der Waals surface area contributed by atoms with Crippen LogP contribution in [0.2, 0.25) is 0 Å². The molecule has 3 aliphatic heterocycles. The molecule has 1 aromatic carbocycles. The first kappa shape index (κ1) is 22.7. The van der Waals surface area contributed by atoms with Crippen molar-refractivity contribution in [2.24, 2.45) is 11.8 Å². The zero-order valence-electron chi connectivity index (χ0n) is 18.6. The molecule has 32 heavy (non-hydrogen) atoms. The lowest BCUT2D eigenvalue weighted by atomic mass is 9.70. The lowest BCUT2D eigenvalue weighted by Gasteiger charge is -2.33. The molecular formula is C24H33N3O5. The van der Waals surface area contributed by atoms with Crippen molar-refractivity contribution in [1.82, 2.24) is 15.5 Å². The molecule has 0 aromatic heterocycles. The van der Waals surface area contributed by atoms with Gasteiger partial charge in [-0.15, -0.1) is 0 Å². The van der Waals surface area contributed by atoms with Crippen molar-refractivity contribution in [3.8, 4) is 0 Å². The highest BCUT2D eigenvalue weighted by Crippen LogP contribution is 2.58. The van der Waals surface area contributed by atoms with Crippen molar-refractivity contribution in [2.75, 3.05) is 20.2 Å². The lowest BCUT2D eigenvalue weighted by Crippen LogP contribution is -2.55. The van der Waals surface area contributed by atoms with E-state index in [1.807, 2.05) is 30.3 Å². The molecular weight excluding hydrogens is 410 g/mol. The van der Waals surface area contributed by atoms with Crippen LogP contribution in [0.4, 0.5) is 0 Å². The fraction of sp³-hybridized carbons (Fsp3) is 0.625. The number of carbonyl (C=O) groups excluding carboxylic acids is 3. The number of nitrogens with zero attached hydrogens (tertiary/aromatic N) is 1. The largest absolute Gasteiger partial charge is 0.396 e. The molecule has 3 fully saturated rings. The summed E-state index contributed by atoms with van der Waals surface area (Å²) in [6.07, 6.45) is 4.16. The summed E-state index contributed by atoms with van der Waals surface area (Å²) in [6, 6.07) is 8.92. The first-order valence-electron chi connectivity index (χ1n) is 11.7. The van der Waals surface area contributed by atoms with Crippen LogP contribution in [-0.2, 0) is 25.7 Å². The van der Waals surface area contributed by atoms with Crippen LogP contribution in [-0.4, -0.2) is 65.7 Å². The number of nitrogens with one attached hydrogen (secondary N) is 2. The number of amides is 3. The van der Waals surface area contributed by atoms with E-state index in [4.69, 9.17) is 9.84 Å². The average molecular weight is 444 g/mol. The van der Waals surface area contributed by atoms with E-state index in [1.165, 1.54) is 0 Å². The molecule has 1 spiro atoms. The standard InChI is InChI=1S/C24H33N3O5/c1-25-21(29)18-17-11-12-24(32-17)19(18)23(31)27(13-7-2-3-8-14-28)20(24)22(30)26-15-16-9-5-4-6-10-16/h4-6,9-10,17-20,28H,2-3,7-8,11-15H2,1H3,(H,25,29)(H,26,30)/t17-,18+,19+,20?,24?/m1/s1. The number of benzene rings is 1. The maximum absolute atomic E-state index is 13.6. The predicted octanol–water partition coefficient (Wildman–Crippen LogP) is 0.976. The van der Waals surface area contributed by atoms with Crippen LogP contribution in [0.15, 0.2) is 30.3 Å². The molecule has 8 heteroatoms. The molecule has 0 radical (unpaired) electrons. The smallest absolute Gasteiger partial charge is 0.246 e. The van der Waals surface area contributed by atoms with Gasteiger partial charge < -0.3 is 25.4 Å². The Kier molecular flexibility index (Phi) is 6.81. The number of hydrogen-bond donors (Lipinski definition) is 3. The summed E-state index contributed by atoms with van der Waals surface area (Å²) < 4.78 is 6.33. The average Bonchev–Trinajstić information content (AvgIpc) is 3.45. The van der Waals surface area contributed by atoms with E-state index in [0.29, 0.717) is 25.9 Å². The number of aliphatic hydroxyl groups is 1. The second-order valence-electron chi connectivity index (χ2n) is 9.04. The molecule has 2 unspecified atom stereocenters. The third-order valence-electron chi connectivity index (χ3n) is 7.21. The topological polar surface area (TPSA) is 108 Å². The van der Waals surface area contributed by atoms with E-state index in [9.17, 15) is 14.4 Å². The van der Waals surface area contributed by atoms with Crippen molar-refractivity contribution in [3.63, 3.8) is 0 Å². The molecule has 8 nitrogen and oxygen atoms in total. The summed E-state index contributed by atoms with van der Waals surface area (Å²) in [7, 11) is 1.57. The zero-order valence-corrected chi connectivity index (χ0v) is 18.6. The summed E-state index contributed by atoms with van der Waals surface area (Å²) in [5.74, 6) is -1.74. The van der Waals surface area contributed by atoms with Gasteiger partial charge in [-0.25, -0.2) is 0 Å². The summed E-state index contributed by atoms with van der Waals surface area (Å²) in [4.78, 5) is 41.3. The molecule has 5 atom stereocenters. The van der Waals surface area contributed by atoms with E-state index < -0.39 is 23.5 Å². The monoisotopic (exact) mass is 443 g/mol. The number of likely N-dealkylation sites (tertiary alicyclic amines) is 1. The van der Waals surface area contributed by atoms with E-state index in [1.54, 1.807) is 11.9 Å². The quantitative estimate of drug-likeness (QED) is 0.467. The van der Waals surface area contributed by atoms with Gasteiger partial charge in [0, 0.05) is 26.7 Å². The van der Waals surface area contributed by atoms with Gasteiger partial charge in [0.15, 0.2) is 0 Å². The molecule has 3 amide bonds. The first-order chi connectivity index (χ1) is 15.5. The predicted molar refractivity (Wildman–Crippen MR) is 117 cm³/mol. The molecule has 4 rings (SSSR count). The Morgan fingerprint density at radius 2 is 1.91 bits per heavy atom. The molecule has 0 saturated carbocycles. The van der Waals surface area contributed by atoms with Gasteiger partial charge in [-0.05, 0) is 31.2 Å². The van der Waals surface area contributed by atoms with Crippen molar-refractivity contribution in [2.45, 2.75) is 62.8 Å². The van der Waals surface area contributed by atoms with E-state index in [0.717, 1.165) is 31.2 Å². The van der Waals surface area contributed by atoms with Gasteiger partial charge in [0.2, 0.25) is 17.7 Å². The number of unbranched alkanes of at least 4 members (excludes halogenated alkanes) is 3. The van der Waals surface area contributed by atoms with Crippen LogP contribution in [0.5, 0.6) is 0 Å². The molecule has 0 aliphatic carbocycles. The Morgan fingerprint density at radius 3 is 2.62 bits per heavy atom. The minimum atomic E-state index is -0.940. The van der Waals surface area contributed by atoms with Crippen LogP contribution in [0.25, 0.3) is 0 Å². The van der Waals surface area contributed by atoms with E-state index in [-0.39, 0.29) is 30.4 Å². The molecule has 174 valence electrons. The number of fused-ring (bicyclic) bond motifs is 1. The summed E-state index contributed by atoms with van der Waals surface area (Å²) >= 11 is 0. The Morgan fingerprint density at radius 1 is 1.16 bits per heavy atom. The molecule has 3 heterocycles. The Labute approximate surface area is 188 Å². The van der Waals surface area contributed by atoms with E-state index >= 15 is 0 Å². The highest BCUT2D eigenvalue weighted by Gasteiger charge is 2.74. The van der Waals surface area contributed by atoms with Crippen LogP contribution < -0.4 is 10.6 Å². The first-order valence-corrected chi connectivity index (χ1v) is 11.7. The van der Waals surface area contributed by atoms with Gasteiger partial charge in [-0.1, -0.05) is 43.2 Å². The maximum Gasteiger partial charge on any atom is 0.246 e. The fourth-order valence-electron chi connectivity index (χ4n) is 5.79. The molecule has 3 aliphatic rings. The Bertz CT molecular complexity index is 847. The highest BCUT2D eigenvalue weighted by atomic mass is 16.5. The van der Waals surface area contributed by atoms with Crippen molar-refractivity contribution in [1.29, 1.82) is 0 Å². The molecule has 2 bridgehead atoms. The van der Waals surface area contributed by atoms with Crippen molar-refractivity contribution < 1.29 is 24.2 Å². The fourth-order valence-corrected chi connectivity index (χ4v) is 5.79. The Balaban J connectivity index is 1.55. The van der Waals surface area contributed by atoms with E-state index in [2.05, 4.69) is 10.6 Å². The number of carbonyl (C=O) groups is 3.